The lowest BCUT2D eigenvalue weighted by Gasteiger charge is -2.12. The van der Waals surface area contributed by atoms with Crippen LogP contribution >= 0.6 is 0 Å². The molecule has 0 radical (unpaired) electrons. The Balaban J connectivity index is 2.37. The van der Waals surface area contributed by atoms with Gasteiger partial charge in [-0.1, -0.05) is 42.5 Å². The second kappa shape index (κ2) is 6.20. The van der Waals surface area contributed by atoms with Gasteiger partial charge in [-0.3, -0.25) is 4.79 Å². The first-order chi connectivity index (χ1) is 9.58. The summed E-state index contributed by atoms with van der Waals surface area (Å²) >= 11 is 0. The van der Waals surface area contributed by atoms with Gasteiger partial charge < -0.3 is 4.90 Å². The smallest absolute Gasteiger partial charge is 0.160 e. The molecule has 2 rings (SSSR count). The van der Waals surface area contributed by atoms with Crippen molar-refractivity contribution in [3.8, 4) is 0 Å². The third kappa shape index (κ3) is 3.35. The lowest BCUT2D eigenvalue weighted by molar-refractivity contribution is -0.111. The molecule has 2 heteroatoms. The minimum atomic E-state index is 0.0767. The van der Waals surface area contributed by atoms with E-state index < -0.39 is 0 Å². The lowest BCUT2D eigenvalue weighted by atomic mass is 10.00. The van der Waals surface area contributed by atoms with Gasteiger partial charge in [0.15, 0.2) is 5.78 Å². The van der Waals surface area contributed by atoms with E-state index in [1.54, 1.807) is 6.92 Å². The highest BCUT2D eigenvalue weighted by Crippen LogP contribution is 2.20. The SMILES string of the molecule is CC(=O)C(=Cc1ccc(N(C)C)cc1)c1ccccc1. The zero-order valence-electron chi connectivity index (χ0n) is 12.1. The Labute approximate surface area is 120 Å². The van der Waals surface area contributed by atoms with E-state index in [-0.39, 0.29) is 5.78 Å². The molecule has 0 saturated carbocycles. The van der Waals surface area contributed by atoms with Crippen molar-refractivity contribution in [2.45, 2.75) is 6.92 Å². The van der Waals surface area contributed by atoms with E-state index >= 15 is 0 Å². The third-order valence-electron chi connectivity index (χ3n) is 3.18. The van der Waals surface area contributed by atoms with Crippen molar-refractivity contribution in [2.24, 2.45) is 0 Å². The summed E-state index contributed by atoms with van der Waals surface area (Å²) in [4.78, 5) is 13.9. The first kappa shape index (κ1) is 14.1. The number of rotatable bonds is 4. The molecule has 0 heterocycles. The fourth-order valence-electron chi connectivity index (χ4n) is 2.04. The Morgan fingerprint density at radius 3 is 2.05 bits per heavy atom. The first-order valence-corrected chi connectivity index (χ1v) is 6.63. The van der Waals surface area contributed by atoms with E-state index in [9.17, 15) is 4.79 Å². The molecule has 2 aromatic carbocycles. The summed E-state index contributed by atoms with van der Waals surface area (Å²) in [7, 11) is 4.02. The fraction of sp³-hybridized carbons (Fsp3) is 0.167. The zero-order chi connectivity index (χ0) is 14.5. The maximum Gasteiger partial charge on any atom is 0.160 e. The number of ketones is 1. The molecule has 102 valence electrons. The molecule has 0 bridgehead atoms. The van der Waals surface area contributed by atoms with E-state index in [1.165, 1.54) is 0 Å². The molecule has 2 aromatic rings. The Bertz CT molecular complexity index is 610. The summed E-state index contributed by atoms with van der Waals surface area (Å²) in [6.07, 6.45) is 1.94. The lowest BCUT2D eigenvalue weighted by Crippen LogP contribution is -2.07. The number of benzene rings is 2. The number of anilines is 1. The molecule has 0 fully saturated rings. The minimum absolute atomic E-state index is 0.0767. The zero-order valence-corrected chi connectivity index (χ0v) is 12.1. The molecule has 2 nitrogen and oxygen atoms in total. The summed E-state index contributed by atoms with van der Waals surface area (Å²) in [5.41, 5.74) is 3.87. The van der Waals surface area contributed by atoms with Crippen molar-refractivity contribution in [3.05, 3.63) is 65.7 Å². The van der Waals surface area contributed by atoms with Crippen LogP contribution < -0.4 is 4.90 Å². The van der Waals surface area contributed by atoms with E-state index in [1.807, 2.05) is 62.6 Å². The highest BCUT2D eigenvalue weighted by Gasteiger charge is 2.06. The highest BCUT2D eigenvalue weighted by molar-refractivity contribution is 6.24. The third-order valence-corrected chi connectivity index (χ3v) is 3.18. The quantitative estimate of drug-likeness (QED) is 0.617. The van der Waals surface area contributed by atoms with Crippen LogP contribution in [-0.4, -0.2) is 19.9 Å². The molecule has 0 aliphatic rings. The molecule has 0 aromatic heterocycles. The molecule has 20 heavy (non-hydrogen) atoms. The van der Waals surface area contributed by atoms with Crippen molar-refractivity contribution >= 4 is 23.1 Å². The van der Waals surface area contributed by atoms with Crippen LogP contribution in [0, 0.1) is 0 Å². The van der Waals surface area contributed by atoms with Crippen molar-refractivity contribution in [1.82, 2.24) is 0 Å². The number of allylic oxidation sites excluding steroid dienone is 1. The summed E-state index contributed by atoms with van der Waals surface area (Å²) in [5.74, 6) is 0.0767. The van der Waals surface area contributed by atoms with Crippen LogP contribution in [0.5, 0.6) is 0 Å². The molecular weight excluding hydrogens is 246 g/mol. The fourth-order valence-corrected chi connectivity index (χ4v) is 2.04. The van der Waals surface area contributed by atoms with Crippen LogP contribution in [0.1, 0.15) is 18.1 Å². The van der Waals surface area contributed by atoms with E-state index in [4.69, 9.17) is 0 Å². The predicted octanol–water partition coefficient (Wildman–Crippen LogP) is 3.88. The van der Waals surface area contributed by atoms with Crippen LogP contribution in [0.25, 0.3) is 11.6 Å². The summed E-state index contributed by atoms with van der Waals surface area (Å²) in [6.45, 7) is 1.60. The maximum atomic E-state index is 11.8. The normalized spacial score (nSPS) is 11.2. The van der Waals surface area contributed by atoms with Gasteiger partial charge in [-0.05, 0) is 36.3 Å². The molecule has 0 spiro atoms. The summed E-state index contributed by atoms with van der Waals surface area (Å²) < 4.78 is 0. The Hall–Kier alpha value is -2.35. The Kier molecular flexibility index (Phi) is 4.36. The number of carbonyl (C=O) groups is 1. The Morgan fingerprint density at radius 1 is 0.950 bits per heavy atom. The van der Waals surface area contributed by atoms with Crippen LogP contribution in [0.2, 0.25) is 0 Å². The van der Waals surface area contributed by atoms with E-state index in [2.05, 4.69) is 17.0 Å². The van der Waals surface area contributed by atoms with Gasteiger partial charge in [0.25, 0.3) is 0 Å². The second-order valence-electron chi connectivity index (χ2n) is 4.97. The molecule has 0 aliphatic carbocycles. The maximum absolute atomic E-state index is 11.8. The predicted molar refractivity (Wildman–Crippen MR) is 85.8 cm³/mol. The monoisotopic (exact) mass is 265 g/mol. The van der Waals surface area contributed by atoms with Gasteiger partial charge in [0.05, 0.1) is 0 Å². The molecule has 0 saturated heterocycles. The summed E-state index contributed by atoms with van der Waals surface area (Å²) in [6, 6.07) is 17.9. The summed E-state index contributed by atoms with van der Waals surface area (Å²) in [5, 5.41) is 0. The number of Topliss-reactive ketones (excluding diaryl/α,β-unsaturated/α-hetero) is 1. The molecule has 0 unspecified atom stereocenters. The van der Waals surface area contributed by atoms with Gasteiger partial charge in [-0.2, -0.15) is 0 Å². The largest absolute Gasteiger partial charge is 0.378 e. The van der Waals surface area contributed by atoms with Crippen molar-refractivity contribution in [2.75, 3.05) is 19.0 Å². The first-order valence-electron chi connectivity index (χ1n) is 6.63. The average Bonchev–Trinajstić information content (AvgIpc) is 2.46. The number of hydrogen-bond acceptors (Lipinski definition) is 2. The van der Waals surface area contributed by atoms with Crippen LogP contribution in [-0.2, 0) is 4.79 Å². The molecular formula is C18H19NO. The van der Waals surface area contributed by atoms with Crippen LogP contribution in [0.15, 0.2) is 54.6 Å². The highest BCUT2D eigenvalue weighted by atomic mass is 16.1. The van der Waals surface area contributed by atoms with Crippen molar-refractivity contribution in [3.63, 3.8) is 0 Å². The topological polar surface area (TPSA) is 20.3 Å². The second-order valence-corrected chi connectivity index (χ2v) is 4.97. The van der Waals surface area contributed by atoms with Gasteiger partial charge in [-0.25, -0.2) is 0 Å². The number of carbonyl (C=O) groups excluding carboxylic acids is 1. The molecule has 0 atom stereocenters. The van der Waals surface area contributed by atoms with Crippen LogP contribution in [0.4, 0.5) is 5.69 Å². The van der Waals surface area contributed by atoms with Gasteiger partial charge in [-0.15, -0.1) is 0 Å². The van der Waals surface area contributed by atoms with Gasteiger partial charge in [0, 0.05) is 25.4 Å². The van der Waals surface area contributed by atoms with Gasteiger partial charge >= 0.3 is 0 Å². The minimum Gasteiger partial charge on any atom is -0.378 e. The standard InChI is InChI=1S/C18H19NO/c1-14(20)18(16-7-5-4-6-8-16)13-15-9-11-17(12-10-15)19(2)3/h4-13H,1-3H3. The molecule has 0 aliphatic heterocycles. The number of nitrogens with zero attached hydrogens (tertiary/aromatic N) is 1. The Morgan fingerprint density at radius 2 is 1.55 bits per heavy atom. The van der Waals surface area contributed by atoms with Gasteiger partial charge in [0.2, 0.25) is 0 Å². The molecule has 0 amide bonds. The van der Waals surface area contributed by atoms with Gasteiger partial charge in [0.1, 0.15) is 0 Å². The van der Waals surface area contributed by atoms with E-state index in [0.717, 1.165) is 22.4 Å². The van der Waals surface area contributed by atoms with Crippen molar-refractivity contribution < 1.29 is 4.79 Å². The number of hydrogen-bond donors (Lipinski definition) is 0. The average molecular weight is 265 g/mol. The van der Waals surface area contributed by atoms with Crippen LogP contribution in [0.3, 0.4) is 0 Å². The molecule has 0 N–H and O–H groups in total. The van der Waals surface area contributed by atoms with E-state index in [0.29, 0.717) is 0 Å². The van der Waals surface area contributed by atoms with Crippen molar-refractivity contribution in [1.29, 1.82) is 0 Å².